The first kappa shape index (κ1) is 20.9. The van der Waals surface area contributed by atoms with Crippen molar-refractivity contribution in [2.75, 3.05) is 12.8 Å². The van der Waals surface area contributed by atoms with Gasteiger partial charge in [0.15, 0.2) is 0 Å². The van der Waals surface area contributed by atoms with E-state index in [4.69, 9.17) is 9.05 Å². The number of hydrogen-bond acceptors (Lipinski definition) is 4. The van der Waals surface area contributed by atoms with Gasteiger partial charge in [0.2, 0.25) is 0 Å². The number of aldehydes is 1. The van der Waals surface area contributed by atoms with Gasteiger partial charge in [0.25, 0.3) is 0 Å². The fraction of sp³-hybridized carbons (Fsp3) is 0.632. The van der Waals surface area contributed by atoms with Crippen LogP contribution in [0.1, 0.15) is 70.8 Å². The first-order valence-electron chi connectivity index (χ1n) is 9.07. The van der Waals surface area contributed by atoms with E-state index < -0.39 is 7.60 Å². The summed E-state index contributed by atoms with van der Waals surface area (Å²) in [6.45, 7) is 6.52. The van der Waals surface area contributed by atoms with Gasteiger partial charge in [-0.3, -0.25) is 4.52 Å². The van der Waals surface area contributed by atoms with Gasteiger partial charge in [0.1, 0.15) is 12.0 Å². The molecule has 0 saturated heterocycles. The summed E-state index contributed by atoms with van der Waals surface area (Å²) in [6, 6.07) is 7.30. The van der Waals surface area contributed by atoms with Gasteiger partial charge in [0.05, 0.1) is 12.8 Å². The number of rotatable bonds is 13. The van der Waals surface area contributed by atoms with Gasteiger partial charge < -0.3 is 9.32 Å². The summed E-state index contributed by atoms with van der Waals surface area (Å²) >= 11 is 0. The molecule has 0 bridgehead atoms. The molecule has 0 aliphatic rings. The van der Waals surface area contributed by atoms with Crippen LogP contribution in [-0.2, 0) is 13.9 Å². The van der Waals surface area contributed by atoms with E-state index in [1.807, 2.05) is 26.0 Å². The van der Waals surface area contributed by atoms with Gasteiger partial charge in [-0.05, 0) is 37.0 Å². The van der Waals surface area contributed by atoms with Crippen molar-refractivity contribution >= 4 is 13.9 Å². The molecule has 0 aromatic heterocycles. The second-order valence-electron chi connectivity index (χ2n) is 6.04. The Morgan fingerprint density at radius 3 is 2.54 bits per heavy atom. The molecule has 136 valence electrons. The minimum Gasteiger partial charge on any atom is -0.424 e. The number of carbonyl (C=O) groups is 1. The van der Waals surface area contributed by atoms with Gasteiger partial charge in [0, 0.05) is 5.92 Å². The third kappa shape index (κ3) is 7.19. The molecule has 0 heterocycles. The minimum atomic E-state index is -3.15. The summed E-state index contributed by atoms with van der Waals surface area (Å²) in [7, 11) is -3.15. The first-order chi connectivity index (χ1) is 11.6. The molecule has 2 unspecified atom stereocenters. The Labute approximate surface area is 146 Å². The van der Waals surface area contributed by atoms with Crippen molar-refractivity contribution in [1.82, 2.24) is 0 Å². The minimum absolute atomic E-state index is 0.158. The highest BCUT2D eigenvalue weighted by Crippen LogP contribution is 2.49. The molecule has 0 saturated carbocycles. The average Bonchev–Trinajstić information content (AvgIpc) is 2.59. The lowest BCUT2D eigenvalue weighted by atomic mass is 9.98. The van der Waals surface area contributed by atoms with Crippen molar-refractivity contribution < 1.29 is 18.4 Å². The highest BCUT2D eigenvalue weighted by atomic mass is 31.2. The van der Waals surface area contributed by atoms with Crippen LogP contribution >= 0.6 is 7.60 Å². The summed E-state index contributed by atoms with van der Waals surface area (Å²) in [5.74, 6) is 0.358. The van der Waals surface area contributed by atoms with E-state index in [-0.39, 0.29) is 5.92 Å². The SMILES string of the molecule is CCCCCCP(=O)(OCCC)Oc1cccc(C(C=O)CC)c1. The number of carbonyl (C=O) groups excluding carboxylic acids is 1. The monoisotopic (exact) mass is 354 g/mol. The molecule has 1 aromatic rings. The van der Waals surface area contributed by atoms with Gasteiger partial charge in [-0.1, -0.05) is 52.2 Å². The molecule has 0 N–H and O–H groups in total. The van der Waals surface area contributed by atoms with E-state index in [0.29, 0.717) is 18.5 Å². The van der Waals surface area contributed by atoms with Crippen LogP contribution < -0.4 is 4.52 Å². The molecule has 0 aliphatic heterocycles. The first-order valence-corrected chi connectivity index (χ1v) is 10.8. The second kappa shape index (κ2) is 11.4. The maximum absolute atomic E-state index is 13.0. The predicted octanol–water partition coefficient (Wildman–Crippen LogP) is 5.96. The largest absolute Gasteiger partial charge is 0.424 e. The quantitative estimate of drug-likeness (QED) is 0.249. The maximum Gasteiger partial charge on any atom is 0.379 e. The summed E-state index contributed by atoms with van der Waals surface area (Å²) < 4.78 is 24.4. The lowest BCUT2D eigenvalue weighted by Gasteiger charge is -2.20. The van der Waals surface area contributed by atoms with E-state index in [1.165, 1.54) is 0 Å². The van der Waals surface area contributed by atoms with Crippen molar-refractivity contribution in [3.05, 3.63) is 29.8 Å². The molecule has 1 aromatic carbocycles. The van der Waals surface area contributed by atoms with E-state index in [1.54, 1.807) is 12.1 Å². The third-order valence-corrected chi connectivity index (χ3v) is 5.84. The molecule has 4 nitrogen and oxygen atoms in total. The van der Waals surface area contributed by atoms with Crippen LogP contribution in [0.3, 0.4) is 0 Å². The van der Waals surface area contributed by atoms with Crippen molar-refractivity contribution in [3.8, 4) is 5.75 Å². The topological polar surface area (TPSA) is 52.6 Å². The molecular weight excluding hydrogens is 323 g/mol. The summed E-state index contributed by atoms with van der Waals surface area (Å²) in [5, 5.41) is 0. The van der Waals surface area contributed by atoms with Crippen LogP contribution in [-0.4, -0.2) is 19.1 Å². The van der Waals surface area contributed by atoms with E-state index in [2.05, 4.69) is 6.92 Å². The van der Waals surface area contributed by atoms with Gasteiger partial charge in [-0.25, -0.2) is 4.57 Å². The van der Waals surface area contributed by atoms with Crippen LogP contribution in [0.2, 0.25) is 0 Å². The van der Waals surface area contributed by atoms with Crippen LogP contribution in [0.5, 0.6) is 5.75 Å². The third-order valence-electron chi connectivity index (χ3n) is 3.91. The summed E-state index contributed by atoms with van der Waals surface area (Å²) in [6.07, 6.45) is 7.02. The molecule has 24 heavy (non-hydrogen) atoms. The Hall–Kier alpha value is -1.12. The highest BCUT2D eigenvalue weighted by molar-refractivity contribution is 7.54. The zero-order valence-electron chi connectivity index (χ0n) is 15.2. The molecule has 2 atom stereocenters. The highest BCUT2D eigenvalue weighted by Gasteiger charge is 2.25. The van der Waals surface area contributed by atoms with Gasteiger partial charge >= 0.3 is 7.60 Å². The molecule has 0 amide bonds. The van der Waals surface area contributed by atoms with Crippen LogP contribution in [0.4, 0.5) is 0 Å². The fourth-order valence-electron chi connectivity index (χ4n) is 2.47. The molecule has 5 heteroatoms. The fourth-order valence-corrected chi connectivity index (χ4v) is 4.25. The Morgan fingerprint density at radius 2 is 1.92 bits per heavy atom. The lowest BCUT2D eigenvalue weighted by molar-refractivity contribution is -0.109. The Balaban J connectivity index is 2.83. The predicted molar refractivity (Wildman–Crippen MR) is 99.0 cm³/mol. The molecule has 0 radical (unpaired) electrons. The van der Waals surface area contributed by atoms with E-state index >= 15 is 0 Å². The molecular formula is C19H31O4P. The van der Waals surface area contributed by atoms with E-state index in [0.717, 1.165) is 50.4 Å². The molecule has 0 fully saturated rings. The van der Waals surface area contributed by atoms with Crippen molar-refractivity contribution in [2.24, 2.45) is 0 Å². The summed E-state index contributed by atoms with van der Waals surface area (Å²) in [5.41, 5.74) is 0.887. The van der Waals surface area contributed by atoms with Crippen molar-refractivity contribution in [2.45, 2.75) is 65.2 Å². The Bertz CT molecular complexity index is 530. The maximum atomic E-state index is 13.0. The Morgan fingerprint density at radius 1 is 1.12 bits per heavy atom. The number of hydrogen-bond donors (Lipinski definition) is 0. The summed E-state index contributed by atoms with van der Waals surface area (Å²) in [4.78, 5) is 11.2. The van der Waals surface area contributed by atoms with Crippen molar-refractivity contribution in [3.63, 3.8) is 0 Å². The standard InChI is InChI=1S/C19H31O4P/c1-4-7-8-9-14-24(21,22-13-5-2)23-19-12-10-11-18(15-19)17(6-3)16-20/h10-12,15-17H,4-9,13-14H2,1-3H3. The second-order valence-corrected chi connectivity index (χ2v) is 8.15. The van der Waals surface area contributed by atoms with Crippen LogP contribution in [0, 0.1) is 0 Å². The number of benzene rings is 1. The Kier molecular flexibility index (Phi) is 9.97. The van der Waals surface area contributed by atoms with Crippen LogP contribution in [0.15, 0.2) is 24.3 Å². The van der Waals surface area contributed by atoms with Crippen molar-refractivity contribution in [1.29, 1.82) is 0 Å². The average molecular weight is 354 g/mol. The number of unbranched alkanes of at least 4 members (excludes halogenated alkanes) is 3. The van der Waals surface area contributed by atoms with Crippen LogP contribution in [0.25, 0.3) is 0 Å². The molecule has 0 aliphatic carbocycles. The smallest absolute Gasteiger partial charge is 0.379 e. The zero-order chi connectivity index (χ0) is 17.8. The van der Waals surface area contributed by atoms with Gasteiger partial charge in [-0.15, -0.1) is 0 Å². The zero-order valence-corrected chi connectivity index (χ0v) is 16.1. The van der Waals surface area contributed by atoms with E-state index in [9.17, 15) is 9.36 Å². The molecule has 0 spiro atoms. The normalized spacial score (nSPS) is 14.8. The molecule has 1 rings (SSSR count). The van der Waals surface area contributed by atoms with Gasteiger partial charge in [-0.2, -0.15) is 0 Å². The lowest BCUT2D eigenvalue weighted by Crippen LogP contribution is -2.05.